The number of nitrogens with two attached hydrogens (primary N) is 1. The number of aliphatic carboxylic acids is 1. The summed E-state index contributed by atoms with van der Waals surface area (Å²) in [7, 11) is 1.45. The Labute approximate surface area is 820 Å². The van der Waals surface area contributed by atoms with Crippen molar-refractivity contribution in [2.24, 2.45) is 11.7 Å². The molecule has 16 rings (SSSR count). The van der Waals surface area contributed by atoms with Crippen LogP contribution in [-0.4, -0.2) is 311 Å². The zero-order valence-corrected chi connectivity index (χ0v) is 78.3. The highest BCUT2D eigenvalue weighted by molar-refractivity contribution is 6.32. The number of alkyl halides is 3. The molecule has 24 N–H and O–H groups in total. The largest absolute Gasteiger partial charge is 0.573 e. The first-order valence-corrected chi connectivity index (χ1v) is 45.9. The molecule has 143 heavy (non-hydrogen) atoms. The Morgan fingerprint density at radius 1 is 0.678 bits per heavy atom. The Hall–Kier alpha value is -12.3. The number of anilines is 1. The van der Waals surface area contributed by atoms with Crippen LogP contribution in [0.25, 0.3) is 11.1 Å². The minimum atomic E-state index is -4.99. The van der Waals surface area contributed by atoms with Gasteiger partial charge in [0.15, 0.2) is 30.1 Å². The van der Waals surface area contributed by atoms with E-state index in [-0.39, 0.29) is 60.9 Å². The summed E-state index contributed by atoms with van der Waals surface area (Å²) in [6.45, 7) is 7.80. The van der Waals surface area contributed by atoms with Gasteiger partial charge in [-0.1, -0.05) is 55.2 Å². The molecule has 0 spiro atoms. The normalized spacial score (nSPS) is 28.3. The monoisotopic (exact) mass is 2050 g/mol. The van der Waals surface area contributed by atoms with Gasteiger partial charge in [0.1, 0.15) is 132 Å². The molecule has 772 valence electrons. The number of hydrogen-bond donors (Lipinski definition) is 23. The first-order chi connectivity index (χ1) is 67.8. The van der Waals surface area contributed by atoms with Gasteiger partial charge in [0.2, 0.25) is 53.4 Å². The summed E-state index contributed by atoms with van der Waals surface area (Å²) in [6, 6.07) is 3.70. The molecule has 0 aliphatic carbocycles. The van der Waals surface area contributed by atoms with Crippen molar-refractivity contribution in [3.63, 3.8) is 0 Å². The van der Waals surface area contributed by atoms with Crippen molar-refractivity contribution in [1.82, 2.24) is 62.3 Å². The minimum absolute atomic E-state index is 0.111. The summed E-state index contributed by atoms with van der Waals surface area (Å²) < 4.78 is 100. The first kappa shape index (κ1) is 106. The van der Waals surface area contributed by atoms with Crippen LogP contribution < -0.4 is 83.5 Å². The number of rotatable bonds is 27. The second-order valence-electron chi connectivity index (χ2n) is 35.7. The number of halogens is 5. The van der Waals surface area contributed by atoms with E-state index in [1.807, 2.05) is 0 Å². The number of likely N-dealkylation sites (N-methyl/N-ethyl adjacent to an activating group) is 1. The molecule has 6 aromatic carbocycles. The SMILES string of the molecule is CN[C@H](CC(C)C)C(=O)NC1C(=O)N[C@@H](CC(N)=O)C(=O)N[C@H]2C(=O)N[C@H]3C(=O)N[C@H](C(=O)N[C@@H](C(=O)O)c4cc(O)cc(O)c4-c4cc3ccc4O)[C@H](O[C@H]3C[C@](C)(NCCN4CCOCC4)[C@@H](O)[C@H](C)O3)c3ccc(c(Cl)c3)Oc3cc2cc(c3O[C@@H]2O[C@H](CO)[C@@H](O[C@@H]3O[C@H](CNCCn4ccc(NC(=O)c5ccc(OC(F)(F)F)cc5)nc4=O)[C@H](O)[C@H](O)[C@H]3O)[C@H](O)[C@H]2O)Oc2ccc(cc2Cl)[C@H]1O. The van der Waals surface area contributed by atoms with E-state index in [2.05, 4.69) is 67.8 Å². The minimum Gasteiger partial charge on any atom is -0.508 e. The Morgan fingerprint density at radius 3 is 1.97 bits per heavy atom. The van der Waals surface area contributed by atoms with Gasteiger partial charge in [0.05, 0.1) is 54.5 Å². The van der Waals surface area contributed by atoms with Crippen molar-refractivity contribution in [2.75, 3.05) is 71.5 Å². The van der Waals surface area contributed by atoms with Gasteiger partial charge in [-0.05, 0) is 140 Å². The lowest BCUT2D eigenvalue weighted by molar-refractivity contribution is -0.350. The molecule has 11 bridgehead atoms. The third-order valence-electron chi connectivity index (χ3n) is 25.1. The number of nitrogens with one attached hydrogen (secondary N) is 10. The number of carbonyl (C=O) groups excluding carboxylic acids is 8. The molecule has 7 aromatic rings. The number of carboxylic acid groups (broad SMARTS) is 1. The molecule has 8 amide bonds. The second kappa shape index (κ2) is 45.3. The van der Waals surface area contributed by atoms with E-state index in [0.717, 1.165) is 95.6 Å². The van der Waals surface area contributed by atoms with Gasteiger partial charge in [-0.3, -0.25) is 47.8 Å². The zero-order valence-electron chi connectivity index (χ0n) is 76.8. The van der Waals surface area contributed by atoms with Crippen molar-refractivity contribution < 1.29 is 165 Å². The predicted octanol–water partition coefficient (Wildman–Crippen LogP) is -0.101. The summed E-state index contributed by atoms with van der Waals surface area (Å²) in [5, 5.41) is 167. The molecule has 4 fully saturated rings. The number of benzene rings is 6. The number of ether oxygens (including phenoxy) is 10. The second-order valence-corrected chi connectivity index (χ2v) is 36.5. The standard InChI is InChI=1S/C92H107Cl2F3N14O32/c1-38(2)26-51(99-5)81(125)108-68-70(117)42-9-14-55(49(93)28-42)136-57-30-44-31-58(77(57)141-89-75(122)73(120)78(60(37-112)139-89)142-88-74(121)72(119)71(118)59(138-88)36-100-17-21-111-19-16-62(104-90(111)133)103-80(124)40-6-11-46(12-7-40)143-92(95,96)97)137-56-15-10-43(29-50(56)94)76(140-63-35-91(4,79(123)39(3)135-63)101-18-20-110-22-24-134-25-23-110)69-86(130)107-67(87(131)132)48-32-45(113)33-54(115)64(48)47-27-41(8-13-53(47)114)65(83(127)109-69)106-84(128)66(44)105-82(126)52(34-61(98)116)102-85(68)129/h6-16,19,27-33,38-39,51-52,59-60,63,65-76,78-79,88-89,99-101,112-115,117-123H,17-18,20-26,34-37H2,1-5H3,(H2,98,116)(H,102,129)(H,105,126)(H,106,128)(H,107,130)(H,108,125)(H,109,127)(H,131,132)(H,103,104,124,133)/t39-,51+,52-,59+,60+,63-,65+,66+,67+,68?,69-,70+,71-,72-,73+,74+,75+,76+,78+,79-,88-,89-,91-/m0/s1. The van der Waals surface area contributed by atoms with Crippen LogP contribution in [0.3, 0.4) is 0 Å². The lowest BCUT2D eigenvalue weighted by Crippen LogP contribution is -2.65. The van der Waals surface area contributed by atoms with E-state index in [4.69, 9.17) is 71.6 Å². The number of aromatic nitrogens is 2. The third-order valence-corrected chi connectivity index (χ3v) is 25.6. The van der Waals surface area contributed by atoms with E-state index in [1.54, 1.807) is 20.8 Å². The predicted molar refractivity (Wildman–Crippen MR) is 488 cm³/mol. The quantitative estimate of drug-likeness (QED) is 0.0299. The van der Waals surface area contributed by atoms with Gasteiger partial charge >= 0.3 is 18.0 Å². The smallest absolute Gasteiger partial charge is 0.508 e. The highest BCUT2D eigenvalue weighted by Gasteiger charge is 2.54. The summed E-state index contributed by atoms with van der Waals surface area (Å²) in [6.07, 6.45) is -34.0. The van der Waals surface area contributed by atoms with Gasteiger partial charge < -0.3 is 168 Å². The topological polar surface area (TPSA) is 673 Å². The number of hydrogen-bond acceptors (Lipinski definition) is 36. The van der Waals surface area contributed by atoms with Crippen LogP contribution in [0.4, 0.5) is 19.0 Å². The van der Waals surface area contributed by atoms with E-state index in [9.17, 15) is 98.4 Å². The maximum absolute atomic E-state index is 16.6. The molecule has 10 heterocycles. The van der Waals surface area contributed by atoms with Crippen LogP contribution in [0.2, 0.25) is 10.0 Å². The number of amides is 8. The van der Waals surface area contributed by atoms with Crippen molar-refractivity contribution in [2.45, 2.75) is 200 Å². The highest BCUT2D eigenvalue weighted by atomic mass is 35.5. The molecule has 9 aliphatic rings. The average Bonchev–Trinajstić information content (AvgIpc) is 0.762. The number of morpholine rings is 1. The van der Waals surface area contributed by atoms with Crippen LogP contribution in [0, 0.1) is 5.92 Å². The highest BCUT2D eigenvalue weighted by Crippen LogP contribution is 2.51. The van der Waals surface area contributed by atoms with Gasteiger partial charge in [-0.15, -0.1) is 13.2 Å². The fraction of sp³-hybridized carbons (Fsp3) is 0.467. The summed E-state index contributed by atoms with van der Waals surface area (Å²) in [5.74, 6) is -18.8. The molecule has 23 atom stereocenters. The Morgan fingerprint density at radius 2 is 1.32 bits per heavy atom. The average molecular weight is 2050 g/mol. The van der Waals surface area contributed by atoms with Crippen molar-refractivity contribution in [3.8, 4) is 62.9 Å². The van der Waals surface area contributed by atoms with E-state index in [0.29, 0.717) is 32.8 Å². The van der Waals surface area contributed by atoms with Crippen LogP contribution in [-0.2, 0) is 73.3 Å². The first-order valence-electron chi connectivity index (χ1n) is 45.2. The number of fused-ring (bicyclic) bond motifs is 15. The number of carbonyl (C=O) groups is 9. The maximum atomic E-state index is 16.6. The molecule has 4 saturated heterocycles. The maximum Gasteiger partial charge on any atom is 0.573 e. The number of primary amides is 1. The van der Waals surface area contributed by atoms with Gasteiger partial charge in [-0.25, -0.2) is 9.59 Å². The fourth-order valence-electron chi connectivity index (χ4n) is 17.6. The number of aromatic hydroxyl groups is 3. The summed E-state index contributed by atoms with van der Waals surface area (Å²) in [4.78, 5) is 154. The van der Waals surface area contributed by atoms with E-state index >= 15 is 24.0 Å². The number of phenolic OH excluding ortho intramolecular Hbond substituents is 3. The van der Waals surface area contributed by atoms with Crippen molar-refractivity contribution >= 4 is 82.2 Å². The van der Waals surface area contributed by atoms with Gasteiger partial charge in [0.25, 0.3) is 5.91 Å². The Kier molecular flexibility index (Phi) is 33.7. The van der Waals surface area contributed by atoms with Crippen LogP contribution >= 0.6 is 23.2 Å². The molecule has 9 aliphatic heterocycles. The van der Waals surface area contributed by atoms with Crippen LogP contribution in [0.1, 0.15) is 115 Å². The number of nitrogens with zero attached hydrogens (tertiary/aromatic N) is 3. The van der Waals surface area contributed by atoms with Gasteiger partial charge in [-0.2, -0.15) is 4.98 Å². The lowest BCUT2D eigenvalue weighted by atomic mass is 9.85. The summed E-state index contributed by atoms with van der Waals surface area (Å²) >= 11 is 14.6. The third kappa shape index (κ3) is 24.8. The zero-order chi connectivity index (χ0) is 103. The molecule has 0 saturated carbocycles. The number of aliphatic hydroxyl groups is 8. The summed E-state index contributed by atoms with van der Waals surface area (Å²) in [5.41, 5.74) is 0.410. The molecule has 1 unspecified atom stereocenters. The van der Waals surface area contributed by atoms with Gasteiger partial charge in [0, 0.05) is 92.3 Å². The molecular weight excluding hydrogens is 1940 g/mol. The molecular formula is C92H107Cl2F3N14O32. The number of carboxylic acids is 1. The number of aliphatic hydroxyl groups excluding tert-OH is 8. The lowest BCUT2D eigenvalue weighted by Gasteiger charge is -2.47. The Bertz CT molecular complexity index is 5940. The molecule has 1 aromatic heterocycles. The van der Waals surface area contributed by atoms with Crippen molar-refractivity contribution in [3.05, 3.63) is 169 Å². The molecule has 51 heteroatoms. The van der Waals surface area contributed by atoms with Crippen LogP contribution in [0.5, 0.6) is 51.7 Å². The molecule has 46 nitrogen and oxygen atoms in total. The van der Waals surface area contributed by atoms with Crippen LogP contribution in [0.15, 0.2) is 120 Å². The van der Waals surface area contributed by atoms with E-state index in [1.165, 1.54) is 38.4 Å². The Balaban J connectivity index is 0.866. The fourth-order valence-corrected chi connectivity index (χ4v) is 18.0. The molecule has 0 radical (unpaired) electrons. The van der Waals surface area contributed by atoms with E-state index < -0.39 is 314 Å². The van der Waals surface area contributed by atoms with Crippen molar-refractivity contribution in [1.29, 1.82) is 0 Å². The number of phenols is 3.